The molecule has 23 heavy (non-hydrogen) atoms. The van der Waals surface area contributed by atoms with Gasteiger partial charge in [0.15, 0.2) is 5.17 Å². The fraction of sp³-hybridized carbons (Fsp3) is 0.429. The smallest absolute Gasteiger partial charge is 0.418 e. The molecule has 3 rings (SSSR count). The molecule has 9 heteroatoms. The Kier molecular flexibility index (Phi) is 4.55. The first-order chi connectivity index (χ1) is 11.0. The van der Waals surface area contributed by atoms with Crippen LogP contribution in [0.1, 0.15) is 0 Å². The highest BCUT2D eigenvalue weighted by Crippen LogP contribution is 2.38. The van der Waals surface area contributed by atoms with E-state index in [9.17, 15) is 25.2 Å². The third-order valence-electron chi connectivity index (χ3n) is 3.73. The Balaban J connectivity index is 1.88. The summed E-state index contributed by atoms with van der Waals surface area (Å²) in [5, 5.41) is 38.8. The monoisotopic (exact) mass is 340 g/mol. The van der Waals surface area contributed by atoms with Crippen LogP contribution in [0.15, 0.2) is 35.3 Å². The summed E-state index contributed by atoms with van der Waals surface area (Å²) in [6.07, 6.45) is -4.65. The summed E-state index contributed by atoms with van der Waals surface area (Å²) < 4.78 is 5.51. The van der Waals surface area contributed by atoms with E-state index >= 15 is 0 Å². The van der Waals surface area contributed by atoms with Crippen molar-refractivity contribution in [1.29, 1.82) is 0 Å². The number of nitrogens with zero attached hydrogens (tertiary/aromatic N) is 2. The molecule has 2 heterocycles. The SMILES string of the molecule is O=C(O)N(C1=N[C@@H]2[C@@H](O)[C@H](O)[C@@H](CO)O[C@@H]2S1)c1ccccc1. The molecule has 5 atom stereocenters. The number of rotatable bonds is 2. The zero-order valence-corrected chi connectivity index (χ0v) is 12.7. The van der Waals surface area contributed by atoms with Crippen molar-refractivity contribution >= 4 is 28.7 Å². The van der Waals surface area contributed by atoms with Crippen molar-refractivity contribution < 1.29 is 30.0 Å². The van der Waals surface area contributed by atoms with Crippen LogP contribution < -0.4 is 4.90 Å². The molecular weight excluding hydrogens is 324 g/mol. The predicted molar refractivity (Wildman–Crippen MR) is 83.5 cm³/mol. The number of benzene rings is 1. The summed E-state index contributed by atoms with van der Waals surface area (Å²) in [6, 6.07) is 7.63. The number of hydrogen-bond donors (Lipinski definition) is 4. The molecule has 0 radical (unpaired) electrons. The lowest BCUT2D eigenvalue weighted by molar-refractivity contribution is -0.164. The number of carbonyl (C=O) groups is 1. The number of aliphatic hydroxyl groups is 3. The van der Waals surface area contributed by atoms with Gasteiger partial charge in [0, 0.05) is 0 Å². The Hall–Kier alpha value is -1.65. The molecule has 2 aliphatic heterocycles. The van der Waals surface area contributed by atoms with Gasteiger partial charge in [-0.25, -0.2) is 9.69 Å². The minimum Gasteiger partial charge on any atom is -0.464 e. The van der Waals surface area contributed by atoms with Gasteiger partial charge in [-0.2, -0.15) is 0 Å². The van der Waals surface area contributed by atoms with Gasteiger partial charge in [-0.05, 0) is 12.1 Å². The van der Waals surface area contributed by atoms with Gasteiger partial charge in [-0.15, -0.1) is 0 Å². The highest BCUT2D eigenvalue weighted by molar-refractivity contribution is 8.15. The first-order valence-corrected chi connectivity index (χ1v) is 7.86. The second-order valence-electron chi connectivity index (χ2n) is 5.18. The molecule has 0 unspecified atom stereocenters. The Morgan fingerprint density at radius 1 is 1.26 bits per heavy atom. The van der Waals surface area contributed by atoms with Crippen LogP contribution in [0, 0.1) is 0 Å². The van der Waals surface area contributed by atoms with Crippen molar-refractivity contribution in [3.05, 3.63) is 30.3 Å². The van der Waals surface area contributed by atoms with Gasteiger partial charge in [0.25, 0.3) is 0 Å². The average molecular weight is 340 g/mol. The van der Waals surface area contributed by atoms with Crippen LogP contribution in [0.3, 0.4) is 0 Å². The number of carboxylic acid groups (broad SMARTS) is 1. The number of amidine groups is 1. The molecule has 0 saturated carbocycles. The number of fused-ring (bicyclic) bond motifs is 1. The van der Waals surface area contributed by atoms with Crippen molar-refractivity contribution in [3.8, 4) is 0 Å². The normalized spacial score (nSPS) is 33.0. The Morgan fingerprint density at radius 2 is 1.96 bits per heavy atom. The maximum atomic E-state index is 11.6. The molecular formula is C14H16N2O6S. The predicted octanol–water partition coefficient (Wildman–Crippen LogP) is 0.0814. The van der Waals surface area contributed by atoms with E-state index in [4.69, 9.17) is 4.74 Å². The van der Waals surface area contributed by atoms with Crippen LogP contribution in [0.5, 0.6) is 0 Å². The van der Waals surface area contributed by atoms with Crippen molar-refractivity contribution in [2.24, 2.45) is 4.99 Å². The molecule has 4 N–H and O–H groups in total. The van der Waals surface area contributed by atoms with Crippen LogP contribution >= 0.6 is 11.8 Å². The number of hydrogen-bond acceptors (Lipinski definition) is 7. The van der Waals surface area contributed by atoms with Gasteiger partial charge in [0.2, 0.25) is 0 Å². The van der Waals surface area contributed by atoms with E-state index in [1.54, 1.807) is 30.3 Å². The molecule has 1 saturated heterocycles. The molecule has 0 aromatic heterocycles. The Morgan fingerprint density at radius 3 is 2.57 bits per heavy atom. The molecule has 8 nitrogen and oxygen atoms in total. The third-order valence-corrected chi connectivity index (χ3v) is 4.85. The largest absolute Gasteiger partial charge is 0.464 e. The number of anilines is 1. The van der Waals surface area contributed by atoms with Crippen molar-refractivity contribution in [2.45, 2.75) is 29.8 Å². The number of aliphatic imine (C=N–C) groups is 1. The van der Waals surface area contributed by atoms with Gasteiger partial charge < -0.3 is 25.2 Å². The van der Waals surface area contributed by atoms with E-state index < -0.39 is 42.5 Å². The molecule has 1 amide bonds. The zero-order chi connectivity index (χ0) is 16.6. The second-order valence-corrected chi connectivity index (χ2v) is 6.25. The maximum Gasteiger partial charge on any atom is 0.418 e. The standard InChI is InChI=1S/C14H16N2O6S/c17-6-8-10(18)11(19)9-12(22-8)23-13(15-9)16(14(20)21)7-4-2-1-3-5-7/h1-5,8-12,17-19H,6H2,(H,20,21)/t8-,9-,10-,11-,12-/m1/s1. The van der Waals surface area contributed by atoms with Crippen LogP contribution in [0.2, 0.25) is 0 Å². The topological polar surface area (TPSA) is 123 Å². The van der Waals surface area contributed by atoms with E-state index in [2.05, 4.69) is 4.99 Å². The number of thioether (sulfide) groups is 1. The van der Waals surface area contributed by atoms with E-state index in [0.717, 1.165) is 16.7 Å². The molecule has 0 spiro atoms. The lowest BCUT2D eigenvalue weighted by Gasteiger charge is -2.37. The van der Waals surface area contributed by atoms with Crippen molar-refractivity contribution in [2.75, 3.05) is 11.5 Å². The average Bonchev–Trinajstić information content (AvgIpc) is 2.95. The summed E-state index contributed by atoms with van der Waals surface area (Å²) in [7, 11) is 0. The summed E-state index contributed by atoms with van der Waals surface area (Å²) in [5.74, 6) is 0. The maximum absolute atomic E-state index is 11.6. The van der Waals surface area contributed by atoms with E-state index in [-0.39, 0.29) is 5.17 Å². The number of aliphatic hydroxyl groups excluding tert-OH is 3. The second kappa shape index (κ2) is 6.46. The lowest BCUT2D eigenvalue weighted by atomic mass is 9.99. The fourth-order valence-corrected chi connectivity index (χ4v) is 3.79. The first-order valence-electron chi connectivity index (χ1n) is 6.98. The lowest BCUT2D eigenvalue weighted by Crippen LogP contribution is -2.55. The van der Waals surface area contributed by atoms with Gasteiger partial charge in [0.1, 0.15) is 29.8 Å². The highest BCUT2D eigenvalue weighted by atomic mass is 32.2. The molecule has 124 valence electrons. The van der Waals surface area contributed by atoms with Crippen molar-refractivity contribution in [3.63, 3.8) is 0 Å². The summed E-state index contributed by atoms with van der Waals surface area (Å²) in [4.78, 5) is 16.8. The quantitative estimate of drug-likeness (QED) is 0.601. The Labute approximate surface area is 136 Å². The number of para-hydroxylation sites is 1. The van der Waals surface area contributed by atoms with Crippen LogP contribution in [0.4, 0.5) is 10.5 Å². The van der Waals surface area contributed by atoms with Gasteiger partial charge >= 0.3 is 6.09 Å². The van der Waals surface area contributed by atoms with E-state index in [1.807, 2.05) is 0 Å². The van der Waals surface area contributed by atoms with E-state index in [1.165, 1.54) is 0 Å². The zero-order valence-electron chi connectivity index (χ0n) is 11.9. The minimum absolute atomic E-state index is 0.156. The third kappa shape index (κ3) is 2.93. The number of amides is 1. The number of ether oxygens (including phenoxy) is 1. The van der Waals surface area contributed by atoms with Crippen LogP contribution in [0.25, 0.3) is 0 Å². The van der Waals surface area contributed by atoms with Gasteiger partial charge in [0.05, 0.1) is 12.3 Å². The van der Waals surface area contributed by atoms with Crippen LogP contribution in [-0.4, -0.2) is 68.1 Å². The minimum atomic E-state index is -1.28. The molecule has 0 bridgehead atoms. The summed E-state index contributed by atoms with van der Waals surface area (Å²) >= 11 is 1.04. The molecule has 0 aliphatic carbocycles. The molecule has 2 aliphatic rings. The summed E-state index contributed by atoms with van der Waals surface area (Å²) in [6.45, 7) is -0.446. The Bertz CT molecular complexity index is 613. The van der Waals surface area contributed by atoms with Crippen molar-refractivity contribution in [1.82, 2.24) is 0 Å². The summed E-state index contributed by atoms with van der Waals surface area (Å²) in [5.41, 5.74) is -0.246. The van der Waals surface area contributed by atoms with Crippen LogP contribution in [-0.2, 0) is 4.74 Å². The fourth-order valence-electron chi connectivity index (χ4n) is 2.55. The van der Waals surface area contributed by atoms with Gasteiger partial charge in [-0.1, -0.05) is 30.0 Å². The van der Waals surface area contributed by atoms with Gasteiger partial charge in [-0.3, -0.25) is 4.99 Å². The molecule has 1 fully saturated rings. The first kappa shape index (κ1) is 16.2. The molecule has 1 aromatic carbocycles. The van der Waals surface area contributed by atoms with E-state index in [0.29, 0.717) is 5.69 Å². The molecule has 1 aromatic rings. The highest BCUT2D eigenvalue weighted by Gasteiger charge is 2.49.